The minimum absolute atomic E-state index is 0.0978. The molecule has 1 aliphatic rings. The predicted octanol–water partition coefficient (Wildman–Crippen LogP) is 5.18. The minimum atomic E-state index is -3.67. The van der Waals surface area contributed by atoms with Gasteiger partial charge in [0.2, 0.25) is 21.8 Å². The van der Waals surface area contributed by atoms with Gasteiger partial charge in [0.05, 0.1) is 12.0 Å². The van der Waals surface area contributed by atoms with Gasteiger partial charge in [-0.2, -0.15) is 0 Å². The number of sulfonamides is 1. The van der Waals surface area contributed by atoms with Crippen LogP contribution in [-0.4, -0.2) is 62.2 Å². The Morgan fingerprint density at radius 2 is 1.56 bits per heavy atom. The number of amides is 2. The van der Waals surface area contributed by atoms with Gasteiger partial charge >= 0.3 is 0 Å². The summed E-state index contributed by atoms with van der Waals surface area (Å²) in [6.07, 6.45) is 6.01. The number of rotatable bonds is 14. The molecule has 1 atom stereocenters. The molecule has 8 nitrogen and oxygen atoms in total. The smallest absolute Gasteiger partial charge is 0.243 e. The van der Waals surface area contributed by atoms with Crippen LogP contribution in [0.25, 0.3) is 0 Å². The zero-order chi connectivity index (χ0) is 30.7. The summed E-state index contributed by atoms with van der Waals surface area (Å²) >= 11 is 0. The van der Waals surface area contributed by atoms with Crippen LogP contribution in [0, 0.1) is 0 Å². The van der Waals surface area contributed by atoms with E-state index in [0.29, 0.717) is 18.6 Å². The summed E-state index contributed by atoms with van der Waals surface area (Å²) in [6, 6.07) is 24.9. The van der Waals surface area contributed by atoms with Crippen molar-refractivity contribution < 1.29 is 22.7 Å². The summed E-state index contributed by atoms with van der Waals surface area (Å²) in [4.78, 5) is 29.8. The largest absolute Gasteiger partial charge is 0.497 e. The van der Waals surface area contributed by atoms with Crippen molar-refractivity contribution >= 4 is 21.8 Å². The molecule has 1 fully saturated rings. The molecule has 43 heavy (non-hydrogen) atoms. The maximum Gasteiger partial charge on any atom is 0.243 e. The van der Waals surface area contributed by atoms with Crippen molar-refractivity contribution in [1.82, 2.24) is 14.5 Å². The fraction of sp³-hybridized carbons (Fsp3) is 0.412. The molecule has 0 unspecified atom stereocenters. The van der Waals surface area contributed by atoms with Crippen LogP contribution < -0.4 is 10.1 Å². The average Bonchev–Trinajstić information content (AvgIpc) is 3.04. The van der Waals surface area contributed by atoms with Gasteiger partial charge in [-0.3, -0.25) is 9.59 Å². The van der Waals surface area contributed by atoms with Crippen molar-refractivity contribution in [3.05, 3.63) is 96.1 Å². The van der Waals surface area contributed by atoms with Crippen LogP contribution >= 0.6 is 0 Å². The first-order valence-electron chi connectivity index (χ1n) is 15.1. The Labute approximate surface area is 256 Å². The highest BCUT2D eigenvalue weighted by Crippen LogP contribution is 2.22. The molecule has 3 aromatic carbocycles. The first-order chi connectivity index (χ1) is 20.8. The molecule has 9 heteroatoms. The predicted molar refractivity (Wildman–Crippen MR) is 168 cm³/mol. The molecular formula is C34H43N3O5S. The highest BCUT2D eigenvalue weighted by atomic mass is 32.2. The van der Waals surface area contributed by atoms with Gasteiger partial charge in [0.1, 0.15) is 11.8 Å². The van der Waals surface area contributed by atoms with Gasteiger partial charge in [0, 0.05) is 39.0 Å². The van der Waals surface area contributed by atoms with Crippen LogP contribution in [0.2, 0.25) is 0 Å². The number of ether oxygens (including phenoxy) is 1. The summed E-state index contributed by atoms with van der Waals surface area (Å²) in [7, 11) is -0.550. The topological polar surface area (TPSA) is 96.0 Å². The van der Waals surface area contributed by atoms with E-state index in [4.69, 9.17) is 4.74 Å². The monoisotopic (exact) mass is 605 g/mol. The number of methoxy groups -OCH3 is 1. The Kier molecular flexibility index (Phi) is 11.8. The molecule has 4 rings (SSSR count). The van der Waals surface area contributed by atoms with E-state index in [0.717, 1.165) is 36.8 Å². The van der Waals surface area contributed by atoms with Crippen LogP contribution in [0.4, 0.5) is 0 Å². The van der Waals surface area contributed by atoms with E-state index < -0.39 is 16.1 Å². The van der Waals surface area contributed by atoms with Crippen molar-refractivity contribution in [2.24, 2.45) is 0 Å². The van der Waals surface area contributed by atoms with E-state index in [1.165, 1.54) is 17.8 Å². The average molecular weight is 606 g/mol. The molecule has 0 radical (unpaired) electrons. The van der Waals surface area contributed by atoms with Crippen molar-refractivity contribution in [3.63, 3.8) is 0 Å². The van der Waals surface area contributed by atoms with Crippen LogP contribution in [-0.2, 0) is 32.6 Å². The lowest BCUT2D eigenvalue weighted by Gasteiger charge is -2.33. The standard InChI is InChI=1S/C34H43N3O5S/c1-36(43(40,41)31-20-10-5-11-21-31)23-13-22-33(38)37(26-28-16-12-19-30(24-28)42-2)32(25-27-14-6-3-7-15-27)34(39)35-29-17-8-4-9-18-29/h3,5-7,10-12,14-16,19-21,24,29,32H,4,8-9,13,17-18,22-23,25-26H2,1-2H3,(H,35,39)/t32-/m0/s1. The molecular weight excluding hydrogens is 562 g/mol. The second-order valence-electron chi connectivity index (χ2n) is 11.2. The Morgan fingerprint density at radius 1 is 0.907 bits per heavy atom. The highest BCUT2D eigenvalue weighted by Gasteiger charge is 2.32. The molecule has 1 N–H and O–H groups in total. The van der Waals surface area contributed by atoms with Gasteiger partial charge in [-0.25, -0.2) is 12.7 Å². The maximum atomic E-state index is 14.0. The lowest BCUT2D eigenvalue weighted by atomic mass is 9.94. The molecule has 1 aliphatic carbocycles. The van der Waals surface area contributed by atoms with Crippen LogP contribution in [0.15, 0.2) is 89.8 Å². The maximum absolute atomic E-state index is 14.0. The number of benzene rings is 3. The Morgan fingerprint density at radius 3 is 2.23 bits per heavy atom. The van der Waals surface area contributed by atoms with E-state index in [1.54, 1.807) is 42.3 Å². The Hall–Kier alpha value is -3.69. The molecule has 3 aromatic rings. The van der Waals surface area contributed by atoms with Crippen molar-refractivity contribution in [2.45, 2.75) is 74.9 Å². The van der Waals surface area contributed by atoms with Crippen molar-refractivity contribution in [1.29, 1.82) is 0 Å². The van der Waals surface area contributed by atoms with E-state index in [2.05, 4.69) is 5.32 Å². The Balaban J connectivity index is 1.56. The fourth-order valence-corrected chi connectivity index (χ4v) is 6.79. The minimum Gasteiger partial charge on any atom is -0.497 e. The molecule has 0 aromatic heterocycles. The quantitative estimate of drug-likeness (QED) is 0.273. The SMILES string of the molecule is COc1cccc(CN(C(=O)CCCN(C)S(=O)(=O)c2ccccc2)[C@@H](Cc2ccccc2)C(=O)NC2CCCCC2)c1. The summed E-state index contributed by atoms with van der Waals surface area (Å²) in [6.45, 7) is 0.400. The van der Waals surface area contributed by atoms with Gasteiger partial charge in [-0.1, -0.05) is 79.9 Å². The summed E-state index contributed by atoms with van der Waals surface area (Å²) in [5.41, 5.74) is 1.81. The van der Waals surface area contributed by atoms with E-state index >= 15 is 0 Å². The zero-order valence-electron chi connectivity index (χ0n) is 25.2. The van der Waals surface area contributed by atoms with Crippen LogP contribution in [0.3, 0.4) is 0 Å². The van der Waals surface area contributed by atoms with Gasteiger partial charge in [-0.05, 0) is 54.7 Å². The number of hydrogen-bond acceptors (Lipinski definition) is 5. The molecule has 0 aliphatic heterocycles. The van der Waals surface area contributed by atoms with Crippen LogP contribution in [0.5, 0.6) is 5.75 Å². The molecule has 0 bridgehead atoms. The van der Waals surface area contributed by atoms with E-state index in [1.807, 2.05) is 54.6 Å². The third-order valence-electron chi connectivity index (χ3n) is 8.02. The molecule has 2 amide bonds. The molecule has 0 spiro atoms. The van der Waals surface area contributed by atoms with Gasteiger partial charge in [0.25, 0.3) is 0 Å². The van der Waals surface area contributed by atoms with Gasteiger partial charge in [0.15, 0.2) is 0 Å². The lowest BCUT2D eigenvalue weighted by molar-refractivity contribution is -0.141. The van der Waals surface area contributed by atoms with Crippen molar-refractivity contribution in [2.75, 3.05) is 20.7 Å². The highest BCUT2D eigenvalue weighted by molar-refractivity contribution is 7.89. The Bertz CT molecular complexity index is 1430. The summed E-state index contributed by atoms with van der Waals surface area (Å²) in [5, 5.41) is 3.25. The number of hydrogen-bond donors (Lipinski definition) is 1. The molecule has 0 heterocycles. The molecule has 1 saturated carbocycles. The first-order valence-corrected chi connectivity index (χ1v) is 16.5. The third-order valence-corrected chi connectivity index (χ3v) is 9.90. The van der Waals surface area contributed by atoms with Gasteiger partial charge < -0.3 is 15.0 Å². The lowest BCUT2D eigenvalue weighted by Crippen LogP contribution is -2.52. The molecule has 230 valence electrons. The van der Waals surface area contributed by atoms with E-state index in [-0.39, 0.29) is 42.3 Å². The van der Waals surface area contributed by atoms with E-state index in [9.17, 15) is 18.0 Å². The summed E-state index contributed by atoms with van der Waals surface area (Å²) in [5.74, 6) is 0.313. The number of carbonyl (C=O) groups is 2. The fourth-order valence-electron chi connectivity index (χ4n) is 5.55. The normalized spacial score (nSPS) is 14.7. The second-order valence-corrected chi connectivity index (χ2v) is 13.2. The zero-order valence-corrected chi connectivity index (χ0v) is 26.0. The van der Waals surface area contributed by atoms with Crippen LogP contribution in [0.1, 0.15) is 56.1 Å². The number of carbonyl (C=O) groups excluding carboxylic acids is 2. The van der Waals surface area contributed by atoms with Gasteiger partial charge in [-0.15, -0.1) is 0 Å². The molecule has 0 saturated heterocycles. The first kappa shape index (κ1) is 32.2. The third kappa shape index (κ3) is 9.15. The number of nitrogens with one attached hydrogen (secondary N) is 1. The summed E-state index contributed by atoms with van der Waals surface area (Å²) < 4.78 is 32.7. The second kappa shape index (κ2) is 15.7. The van der Waals surface area contributed by atoms with Crippen molar-refractivity contribution in [3.8, 4) is 5.75 Å². The number of nitrogens with zero attached hydrogens (tertiary/aromatic N) is 2.